The standard InChI is InChI=1S/C16H26N2/c1-13(2)15-5-7-16(8-6-15)18-11-9-14-4-3-10-17-12-14/h3-4,10,12-13,15-16,18H,5-9,11H2,1-2H3. The zero-order valence-electron chi connectivity index (χ0n) is 11.7. The van der Waals surface area contributed by atoms with Crippen molar-refractivity contribution in [2.75, 3.05) is 6.54 Å². The molecule has 1 aromatic heterocycles. The van der Waals surface area contributed by atoms with Crippen molar-refractivity contribution in [1.29, 1.82) is 0 Å². The average molecular weight is 246 g/mol. The van der Waals surface area contributed by atoms with Gasteiger partial charge >= 0.3 is 0 Å². The first-order valence-corrected chi connectivity index (χ1v) is 7.38. The topological polar surface area (TPSA) is 24.9 Å². The second kappa shape index (κ2) is 6.89. The van der Waals surface area contributed by atoms with Crippen LogP contribution >= 0.6 is 0 Å². The van der Waals surface area contributed by atoms with Gasteiger partial charge in [0.1, 0.15) is 0 Å². The van der Waals surface area contributed by atoms with Crippen molar-refractivity contribution < 1.29 is 0 Å². The van der Waals surface area contributed by atoms with E-state index >= 15 is 0 Å². The predicted octanol–water partition coefficient (Wildman–Crippen LogP) is 3.43. The van der Waals surface area contributed by atoms with Gasteiger partial charge < -0.3 is 5.32 Å². The van der Waals surface area contributed by atoms with Crippen molar-refractivity contribution in [3.05, 3.63) is 30.1 Å². The molecule has 0 spiro atoms. The van der Waals surface area contributed by atoms with Crippen LogP contribution in [0.25, 0.3) is 0 Å². The van der Waals surface area contributed by atoms with Gasteiger partial charge in [-0.15, -0.1) is 0 Å². The summed E-state index contributed by atoms with van der Waals surface area (Å²) < 4.78 is 0. The molecule has 0 aromatic carbocycles. The van der Waals surface area contributed by atoms with Gasteiger partial charge in [-0.25, -0.2) is 0 Å². The van der Waals surface area contributed by atoms with Gasteiger partial charge in [0, 0.05) is 18.4 Å². The molecule has 0 unspecified atom stereocenters. The lowest BCUT2D eigenvalue weighted by molar-refractivity contribution is 0.239. The van der Waals surface area contributed by atoms with Crippen molar-refractivity contribution in [3.63, 3.8) is 0 Å². The summed E-state index contributed by atoms with van der Waals surface area (Å²) in [5.74, 6) is 1.82. The molecule has 18 heavy (non-hydrogen) atoms. The first-order chi connectivity index (χ1) is 8.75. The maximum Gasteiger partial charge on any atom is 0.0300 e. The molecular weight excluding hydrogens is 220 g/mol. The summed E-state index contributed by atoms with van der Waals surface area (Å²) in [5, 5.41) is 3.70. The van der Waals surface area contributed by atoms with Crippen LogP contribution in [0, 0.1) is 11.8 Å². The minimum absolute atomic E-state index is 0.747. The second-order valence-electron chi connectivity index (χ2n) is 5.92. The Bertz CT molecular complexity index is 326. The lowest BCUT2D eigenvalue weighted by atomic mass is 9.80. The molecule has 2 heteroatoms. The molecule has 1 heterocycles. The third-order valence-corrected chi connectivity index (χ3v) is 4.28. The molecule has 1 aromatic rings. The Kier molecular flexibility index (Phi) is 5.18. The highest BCUT2D eigenvalue weighted by Gasteiger charge is 2.22. The van der Waals surface area contributed by atoms with E-state index in [1.54, 1.807) is 0 Å². The van der Waals surface area contributed by atoms with Crippen molar-refractivity contribution in [2.45, 2.75) is 52.0 Å². The average Bonchev–Trinajstić information content (AvgIpc) is 2.40. The van der Waals surface area contributed by atoms with Gasteiger partial charge in [-0.3, -0.25) is 4.98 Å². The fraction of sp³-hybridized carbons (Fsp3) is 0.688. The molecule has 2 nitrogen and oxygen atoms in total. The van der Waals surface area contributed by atoms with Gasteiger partial charge in [-0.05, 0) is 62.1 Å². The van der Waals surface area contributed by atoms with E-state index in [1.165, 1.54) is 31.2 Å². The summed E-state index contributed by atoms with van der Waals surface area (Å²) in [6.45, 7) is 5.81. The van der Waals surface area contributed by atoms with Gasteiger partial charge in [0.2, 0.25) is 0 Å². The Morgan fingerprint density at radius 2 is 2.06 bits per heavy atom. The first-order valence-electron chi connectivity index (χ1n) is 7.38. The Morgan fingerprint density at radius 3 is 2.67 bits per heavy atom. The summed E-state index contributed by atoms with van der Waals surface area (Å²) in [7, 11) is 0. The highest BCUT2D eigenvalue weighted by Crippen LogP contribution is 2.29. The van der Waals surface area contributed by atoms with E-state index in [9.17, 15) is 0 Å². The van der Waals surface area contributed by atoms with E-state index in [4.69, 9.17) is 0 Å². The molecule has 100 valence electrons. The molecule has 0 radical (unpaired) electrons. The van der Waals surface area contributed by atoms with E-state index in [0.29, 0.717) is 0 Å². The SMILES string of the molecule is CC(C)C1CCC(NCCc2cccnc2)CC1. The quantitative estimate of drug-likeness (QED) is 0.861. The van der Waals surface area contributed by atoms with Crippen LogP contribution in [-0.4, -0.2) is 17.6 Å². The summed E-state index contributed by atoms with van der Waals surface area (Å²) in [4.78, 5) is 4.15. The number of nitrogens with one attached hydrogen (secondary N) is 1. The van der Waals surface area contributed by atoms with Crippen LogP contribution in [0.5, 0.6) is 0 Å². The monoisotopic (exact) mass is 246 g/mol. The zero-order valence-corrected chi connectivity index (χ0v) is 11.7. The second-order valence-corrected chi connectivity index (χ2v) is 5.92. The number of hydrogen-bond donors (Lipinski definition) is 1. The highest BCUT2D eigenvalue weighted by atomic mass is 14.9. The van der Waals surface area contributed by atoms with Gasteiger partial charge in [-0.2, -0.15) is 0 Å². The van der Waals surface area contributed by atoms with Crippen LogP contribution in [0.15, 0.2) is 24.5 Å². The normalized spacial score (nSPS) is 24.4. The molecule has 0 bridgehead atoms. The van der Waals surface area contributed by atoms with Crippen molar-refractivity contribution >= 4 is 0 Å². The molecular formula is C16H26N2. The minimum Gasteiger partial charge on any atom is -0.314 e. The molecule has 0 saturated heterocycles. The molecule has 2 rings (SSSR count). The lowest BCUT2D eigenvalue weighted by Gasteiger charge is -2.31. The highest BCUT2D eigenvalue weighted by molar-refractivity contribution is 5.08. The molecule has 0 atom stereocenters. The number of pyridine rings is 1. The summed E-state index contributed by atoms with van der Waals surface area (Å²) >= 11 is 0. The van der Waals surface area contributed by atoms with Gasteiger partial charge in [0.15, 0.2) is 0 Å². The molecule has 0 aliphatic heterocycles. The first kappa shape index (κ1) is 13.5. The van der Waals surface area contributed by atoms with Crippen LogP contribution in [-0.2, 0) is 6.42 Å². The number of aromatic nitrogens is 1. The Hall–Kier alpha value is -0.890. The smallest absolute Gasteiger partial charge is 0.0300 e. The fourth-order valence-corrected chi connectivity index (χ4v) is 2.96. The van der Waals surface area contributed by atoms with Gasteiger partial charge in [0.05, 0.1) is 0 Å². The summed E-state index contributed by atoms with van der Waals surface area (Å²) in [5.41, 5.74) is 1.33. The van der Waals surface area contributed by atoms with E-state index < -0.39 is 0 Å². The molecule has 1 saturated carbocycles. The van der Waals surface area contributed by atoms with E-state index in [-0.39, 0.29) is 0 Å². The fourth-order valence-electron chi connectivity index (χ4n) is 2.96. The van der Waals surface area contributed by atoms with Crippen LogP contribution in [0.2, 0.25) is 0 Å². The van der Waals surface area contributed by atoms with Gasteiger partial charge in [0.25, 0.3) is 0 Å². The van der Waals surface area contributed by atoms with Crippen LogP contribution in [0.3, 0.4) is 0 Å². The van der Waals surface area contributed by atoms with Crippen LogP contribution in [0.1, 0.15) is 45.1 Å². The Morgan fingerprint density at radius 1 is 1.28 bits per heavy atom. The van der Waals surface area contributed by atoms with Gasteiger partial charge in [-0.1, -0.05) is 19.9 Å². The van der Waals surface area contributed by atoms with Crippen molar-refractivity contribution in [2.24, 2.45) is 11.8 Å². The zero-order chi connectivity index (χ0) is 12.8. The third-order valence-electron chi connectivity index (χ3n) is 4.28. The van der Waals surface area contributed by atoms with Crippen LogP contribution in [0.4, 0.5) is 0 Å². The molecule has 1 aliphatic rings. The predicted molar refractivity (Wildman–Crippen MR) is 76.5 cm³/mol. The Balaban J connectivity index is 1.64. The molecule has 1 N–H and O–H groups in total. The molecule has 1 fully saturated rings. The minimum atomic E-state index is 0.747. The molecule has 1 aliphatic carbocycles. The third kappa shape index (κ3) is 4.09. The number of nitrogens with zero attached hydrogens (tertiary/aromatic N) is 1. The number of hydrogen-bond acceptors (Lipinski definition) is 2. The van der Waals surface area contributed by atoms with E-state index in [1.807, 2.05) is 18.5 Å². The van der Waals surface area contributed by atoms with E-state index in [0.717, 1.165) is 30.8 Å². The van der Waals surface area contributed by atoms with Crippen molar-refractivity contribution in [1.82, 2.24) is 10.3 Å². The maximum atomic E-state index is 4.15. The Labute approximate surface area is 111 Å². The van der Waals surface area contributed by atoms with Crippen LogP contribution < -0.4 is 5.32 Å². The molecule has 0 amide bonds. The van der Waals surface area contributed by atoms with Crippen molar-refractivity contribution in [3.8, 4) is 0 Å². The van der Waals surface area contributed by atoms with E-state index in [2.05, 4.69) is 30.2 Å². The lowest BCUT2D eigenvalue weighted by Crippen LogP contribution is -2.35. The number of rotatable bonds is 5. The summed E-state index contributed by atoms with van der Waals surface area (Å²) in [6, 6.07) is 4.92. The summed E-state index contributed by atoms with van der Waals surface area (Å²) in [6.07, 6.45) is 10.4. The maximum absolute atomic E-state index is 4.15. The largest absolute Gasteiger partial charge is 0.314 e.